The highest BCUT2D eigenvalue weighted by molar-refractivity contribution is 7.75. The molecule has 0 saturated carbocycles. The second-order valence-corrected chi connectivity index (χ2v) is 6.89. The summed E-state index contributed by atoms with van der Waals surface area (Å²) < 4.78 is 22.9. The Morgan fingerprint density at radius 3 is 1.11 bits per heavy atom. The van der Waals surface area contributed by atoms with Gasteiger partial charge in [-0.1, -0.05) is 84.9 Å². The standard InChI is InChI=1S/C24H18O3S/c25-28(26-23-15-11-21(12-16-23)19-7-3-1-4-8-19)27-24-17-13-22(14-18-24)20-9-5-2-6-10-20/h1-18H. The summed E-state index contributed by atoms with van der Waals surface area (Å²) in [5, 5.41) is 0. The molecule has 0 aliphatic rings. The van der Waals surface area contributed by atoms with E-state index >= 15 is 0 Å². The van der Waals surface area contributed by atoms with E-state index in [1.54, 1.807) is 24.3 Å². The lowest BCUT2D eigenvalue weighted by atomic mass is 10.1. The zero-order valence-corrected chi connectivity index (χ0v) is 15.8. The molecule has 0 aliphatic heterocycles. The van der Waals surface area contributed by atoms with E-state index in [0.29, 0.717) is 11.5 Å². The average molecular weight is 386 g/mol. The molecule has 0 radical (unpaired) electrons. The van der Waals surface area contributed by atoms with Crippen LogP contribution >= 0.6 is 0 Å². The van der Waals surface area contributed by atoms with Gasteiger partial charge >= 0.3 is 11.4 Å². The third-order valence-corrected chi connectivity index (χ3v) is 4.91. The van der Waals surface area contributed by atoms with Crippen LogP contribution in [0.5, 0.6) is 11.5 Å². The molecule has 0 spiro atoms. The van der Waals surface area contributed by atoms with Gasteiger partial charge in [-0.25, -0.2) is 0 Å². The molecule has 0 amide bonds. The summed E-state index contributed by atoms with van der Waals surface area (Å²) in [7, 11) is 0. The summed E-state index contributed by atoms with van der Waals surface area (Å²) in [6, 6.07) is 34.9. The number of rotatable bonds is 6. The second-order valence-electron chi connectivity index (χ2n) is 6.15. The fourth-order valence-electron chi connectivity index (χ4n) is 2.84. The highest BCUT2D eigenvalue weighted by Crippen LogP contribution is 2.24. The fraction of sp³-hybridized carbons (Fsp3) is 0. The van der Waals surface area contributed by atoms with Gasteiger partial charge in [0.05, 0.1) is 0 Å². The van der Waals surface area contributed by atoms with E-state index in [4.69, 9.17) is 8.37 Å². The van der Waals surface area contributed by atoms with Gasteiger partial charge in [-0.15, -0.1) is 0 Å². The van der Waals surface area contributed by atoms with Crippen molar-refractivity contribution in [2.24, 2.45) is 0 Å². The third kappa shape index (κ3) is 4.48. The van der Waals surface area contributed by atoms with Gasteiger partial charge in [0, 0.05) is 0 Å². The maximum atomic E-state index is 12.2. The van der Waals surface area contributed by atoms with Crippen LogP contribution in [0.4, 0.5) is 0 Å². The van der Waals surface area contributed by atoms with Crippen molar-refractivity contribution in [3.05, 3.63) is 109 Å². The van der Waals surface area contributed by atoms with E-state index in [1.165, 1.54) is 0 Å². The first-order valence-corrected chi connectivity index (χ1v) is 9.87. The van der Waals surface area contributed by atoms with Crippen LogP contribution < -0.4 is 8.37 Å². The molecular formula is C24H18O3S. The van der Waals surface area contributed by atoms with Crippen molar-refractivity contribution in [2.45, 2.75) is 0 Å². The normalized spacial score (nSPS) is 10.6. The van der Waals surface area contributed by atoms with Gasteiger partial charge in [-0.05, 0) is 46.5 Å². The first kappa shape index (κ1) is 18.0. The number of benzene rings is 4. The van der Waals surface area contributed by atoms with Crippen LogP contribution in [0, 0.1) is 0 Å². The summed E-state index contributed by atoms with van der Waals surface area (Å²) in [5.74, 6) is 0.970. The van der Waals surface area contributed by atoms with Gasteiger partial charge in [-0.3, -0.25) is 0 Å². The summed E-state index contributed by atoms with van der Waals surface area (Å²) in [4.78, 5) is 0. The Labute approximate surface area is 167 Å². The van der Waals surface area contributed by atoms with Crippen LogP contribution in [0.1, 0.15) is 0 Å². The molecule has 0 fully saturated rings. The molecule has 3 nitrogen and oxygen atoms in total. The van der Waals surface area contributed by atoms with Crippen LogP contribution in [0.25, 0.3) is 22.3 Å². The fourth-order valence-corrected chi connectivity index (χ4v) is 3.41. The third-order valence-electron chi connectivity index (χ3n) is 4.25. The molecule has 4 heteroatoms. The Balaban J connectivity index is 1.38. The number of hydrogen-bond acceptors (Lipinski definition) is 3. The monoisotopic (exact) mass is 386 g/mol. The largest absolute Gasteiger partial charge is 0.417 e. The minimum absolute atomic E-state index is 0.485. The van der Waals surface area contributed by atoms with Crippen molar-refractivity contribution >= 4 is 11.4 Å². The maximum Gasteiger partial charge on any atom is 0.417 e. The average Bonchev–Trinajstić information content (AvgIpc) is 2.76. The lowest BCUT2D eigenvalue weighted by molar-refractivity contribution is 0.462. The van der Waals surface area contributed by atoms with Crippen molar-refractivity contribution in [1.29, 1.82) is 0 Å². The Bertz CT molecular complexity index is 958. The molecule has 138 valence electrons. The van der Waals surface area contributed by atoms with Crippen molar-refractivity contribution in [1.82, 2.24) is 0 Å². The molecule has 0 aliphatic carbocycles. The molecule has 0 heterocycles. The van der Waals surface area contributed by atoms with Gasteiger partial charge < -0.3 is 8.37 Å². The van der Waals surface area contributed by atoms with Gasteiger partial charge in [0.15, 0.2) is 0 Å². The molecule has 0 N–H and O–H groups in total. The number of hydrogen-bond donors (Lipinski definition) is 0. The molecule has 0 bridgehead atoms. The van der Waals surface area contributed by atoms with E-state index in [9.17, 15) is 4.21 Å². The van der Waals surface area contributed by atoms with E-state index < -0.39 is 11.4 Å². The predicted molar refractivity (Wildman–Crippen MR) is 113 cm³/mol. The van der Waals surface area contributed by atoms with Crippen molar-refractivity contribution in [3.8, 4) is 33.8 Å². The van der Waals surface area contributed by atoms with Crippen LogP contribution in [0.3, 0.4) is 0 Å². The zero-order valence-electron chi connectivity index (χ0n) is 15.0. The second kappa shape index (κ2) is 8.55. The van der Waals surface area contributed by atoms with E-state index in [-0.39, 0.29) is 0 Å². The topological polar surface area (TPSA) is 35.5 Å². The highest BCUT2D eigenvalue weighted by atomic mass is 32.2. The first-order valence-electron chi connectivity index (χ1n) is 8.87. The Kier molecular flexibility index (Phi) is 5.50. The molecular weight excluding hydrogens is 368 g/mol. The van der Waals surface area contributed by atoms with Gasteiger partial charge in [-0.2, -0.15) is 4.21 Å². The Morgan fingerprint density at radius 2 is 0.750 bits per heavy atom. The Hall–Kier alpha value is -3.37. The summed E-state index contributed by atoms with van der Waals surface area (Å²) >= 11 is -1.92. The minimum Gasteiger partial charge on any atom is -0.371 e. The molecule has 0 saturated heterocycles. The van der Waals surface area contributed by atoms with Crippen LogP contribution in [0.2, 0.25) is 0 Å². The SMILES string of the molecule is O=S(Oc1ccc(-c2ccccc2)cc1)Oc1ccc(-c2ccccc2)cc1. The molecule has 4 aromatic rings. The van der Waals surface area contributed by atoms with Gasteiger partial charge in [0.25, 0.3) is 0 Å². The van der Waals surface area contributed by atoms with Gasteiger partial charge in [0.1, 0.15) is 11.5 Å². The lowest BCUT2D eigenvalue weighted by Crippen LogP contribution is -2.07. The maximum absolute atomic E-state index is 12.2. The van der Waals surface area contributed by atoms with Crippen molar-refractivity contribution < 1.29 is 12.6 Å². The lowest BCUT2D eigenvalue weighted by Gasteiger charge is -2.08. The molecule has 0 unspecified atom stereocenters. The van der Waals surface area contributed by atoms with E-state index in [1.807, 2.05) is 84.9 Å². The van der Waals surface area contributed by atoms with Crippen LogP contribution in [-0.2, 0) is 11.4 Å². The quantitative estimate of drug-likeness (QED) is 0.404. The van der Waals surface area contributed by atoms with Crippen molar-refractivity contribution in [3.63, 3.8) is 0 Å². The van der Waals surface area contributed by atoms with Crippen molar-refractivity contribution in [2.75, 3.05) is 0 Å². The van der Waals surface area contributed by atoms with Gasteiger partial charge in [0.2, 0.25) is 0 Å². The molecule has 28 heavy (non-hydrogen) atoms. The zero-order chi connectivity index (χ0) is 19.2. The summed E-state index contributed by atoms with van der Waals surface area (Å²) in [6.07, 6.45) is 0. The first-order chi connectivity index (χ1) is 13.8. The minimum atomic E-state index is -1.92. The van der Waals surface area contributed by atoms with E-state index in [2.05, 4.69) is 0 Å². The molecule has 0 atom stereocenters. The molecule has 4 aromatic carbocycles. The highest BCUT2D eigenvalue weighted by Gasteiger charge is 2.07. The Morgan fingerprint density at radius 1 is 0.429 bits per heavy atom. The summed E-state index contributed by atoms with van der Waals surface area (Å²) in [5.41, 5.74) is 4.36. The molecule has 0 aromatic heterocycles. The summed E-state index contributed by atoms with van der Waals surface area (Å²) in [6.45, 7) is 0. The predicted octanol–water partition coefficient (Wildman–Crippen LogP) is 6.06. The smallest absolute Gasteiger partial charge is 0.371 e. The van der Waals surface area contributed by atoms with E-state index in [0.717, 1.165) is 22.3 Å². The molecule has 4 rings (SSSR count). The van der Waals surface area contributed by atoms with Crippen LogP contribution in [-0.4, -0.2) is 4.21 Å². The van der Waals surface area contributed by atoms with Crippen LogP contribution in [0.15, 0.2) is 109 Å².